The maximum Gasteiger partial charge on any atom is 0.329 e. The van der Waals surface area contributed by atoms with Gasteiger partial charge in [-0.1, -0.05) is 0 Å². The number of carbonyl (C=O) groups is 2. The fourth-order valence-electron chi connectivity index (χ4n) is 1.18. The number of methoxy groups -OCH3 is 1. The summed E-state index contributed by atoms with van der Waals surface area (Å²) in [6, 6.07) is 2.68. The van der Waals surface area contributed by atoms with Crippen molar-refractivity contribution in [1.29, 1.82) is 0 Å². The van der Waals surface area contributed by atoms with Crippen molar-refractivity contribution >= 4 is 17.7 Å². The number of nitrogens with one attached hydrogen (secondary N) is 1. The summed E-state index contributed by atoms with van der Waals surface area (Å²) < 4.78 is 4.90. The SMILES string of the molecule is COc1ccc(NC(=O)N(C)C(C)(C)C(=O)O)cn1. The van der Waals surface area contributed by atoms with Crippen molar-refractivity contribution in [3.63, 3.8) is 0 Å². The molecule has 0 aliphatic heterocycles. The minimum atomic E-state index is -1.30. The lowest BCUT2D eigenvalue weighted by Crippen LogP contribution is -2.52. The molecule has 0 saturated heterocycles. The van der Waals surface area contributed by atoms with Gasteiger partial charge in [-0.2, -0.15) is 0 Å². The number of rotatable bonds is 4. The van der Waals surface area contributed by atoms with Crippen molar-refractivity contribution < 1.29 is 19.4 Å². The second-order valence-corrected chi connectivity index (χ2v) is 4.44. The fraction of sp³-hybridized carbons (Fsp3) is 0.417. The van der Waals surface area contributed by atoms with Gasteiger partial charge in [-0.15, -0.1) is 0 Å². The van der Waals surface area contributed by atoms with E-state index in [0.717, 1.165) is 4.90 Å². The number of pyridine rings is 1. The minimum absolute atomic E-state index is 0.428. The van der Waals surface area contributed by atoms with Gasteiger partial charge in [-0.25, -0.2) is 14.6 Å². The number of ether oxygens (including phenoxy) is 1. The predicted molar refractivity (Wildman–Crippen MR) is 69.3 cm³/mol. The molecule has 0 aromatic carbocycles. The lowest BCUT2D eigenvalue weighted by molar-refractivity contribution is -0.146. The van der Waals surface area contributed by atoms with Crippen molar-refractivity contribution in [2.75, 3.05) is 19.5 Å². The van der Waals surface area contributed by atoms with Gasteiger partial charge >= 0.3 is 12.0 Å². The second-order valence-electron chi connectivity index (χ2n) is 4.44. The Balaban J connectivity index is 2.76. The van der Waals surface area contributed by atoms with Gasteiger partial charge in [0.25, 0.3) is 0 Å². The van der Waals surface area contributed by atoms with Crippen molar-refractivity contribution in [3.8, 4) is 5.88 Å². The zero-order valence-electron chi connectivity index (χ0n) is 11.3. The van der Waals surface area contributed by atoms with Crippen LogP contribution in [0.1, 0.15) is 13.8 Å². The molecule has 1 heterocycles. The topological polar surface area (TPSA) is 91.8 Å². The molecule has 0 saturated carbocycles. The largest absolute Gasteiger partial charge is 0.481 e. The van der Waals surface area contributed by atoms with E-state index in [-0.39, 0.29) is 0 Å². The van der Waals surface area contributed by atoms with Gasteiger partial charge in [-0.05, 0) is 19.9 Å². The molecule has 1 aromatic rings. The van der Waals surface area contributed by atoms with Crippen LogP contribution in [-0.2, 0) is 4.79 Å². The number of urea groups is 1. The lowest BCUT2D eigenvalue weighted by atomic mass is 10.1. The van der Waals surface area contributed by atoms with Crippen molar-refractivity contribution in [2.45, 2.75) is 19.4 Å². The van der Waals surface area contributed by atoms with Crippen molar-refractivity contribution in [3.05, 3.63) is 18.3 Å². The maximum atomic E-state index is 11.9. The molecule has 2 amide bonds. The summed E-state index contributed by atoms with van der Waals surface area (Å²) in [6.45, 7) is 2.89. The molecule has 0 unspecified atom stereocenters. The summed E-state index contributed by atoms with van der Waals surface area (Å²) in [5.74, 6) is -0.657. The van der Waals surface area contributed by atoms with Gasteiger partial charge in [0, 0.05) is 13.1 Å². The van der Waals surface area contributed by atoms with Crippen LogP contribution in [0.3, 0.4) is 0 Å². The molecule has 0 radical (unpaired) electrons. The number of hydrogen-bond acceptors (Lipinski definition) is 4. The third-order valence-corrected chi connectivity index (χ3v) is 2.86. The van der Waals surface area contributed by atoms with Crippen LogP contribution in [0, 0.1) is 0 Å². The Morgan fingerprint density at radius 3 is 2.47 bits per heavy atom. The molecule has 0 atom stereocenters. The highest BCUT2D eigenvalue weighted by atomic mass is 16.5. The van der Waals surface area contributed by atoms with E-state index in [9.17, 15) is 9.59 Å². The summed E-state index contributed by atoms with van der Waals surface area (Å²) in [7, 11) is 2.91. The first-order valence-electron chi connectivity index (χ1n) is 5.57. The number of aliphatic carboxylic acids is 1. The summed E-state index contributed by atoms with van der Waals surface area (Å²) in [5, 5.41) is 11.6. The fourth-order valence-corrected chi connectivity index (χ4v) is 1.18. The summed E-state index contributed by atoms with van der Waals surface area (Å²) in [6.07, 6.45) is 1.43. The molecule has 0 fully saturated rings. The quantitative estimate of drug-likeness (QED) is 0.860. The molecular weight excluding hydrogens is 250 g/mol. The van der Waals surface area contributed by atoms with E-state index in [1.54, 1.807) is 12.1 Å². The average Bonchev–Trinajstić information content (AvgIpc) is 2.38. The Hall–Kier alpha value is -2.31. The Labute approximate surface area is 111 Å². The van der Waals surface area contributed by atoms with Crippen LogP contribution >= 0.6 is 0 Å². The number of aromatic nitrogens is 1. The first kappa shape index (κ1) is 14.7. The Morgan fingerprint density at radius 1 is 1.42 bits per heavy atom. The van der Waals surface area contributed by atoms with E-state index >= 15 is 0 Å². The normalized spacial score (nSPS) is 10.7. The highest BCUT2D eigenvalue weighted by molar-refractivity contribution is 5.93. The number of nitrogens with zero attached hydrogens (tertiary/aromatic N) is 2. The van der Waals surface area contributed by atoms with Crippen LogP contribution in [0.15, 0.2) is 18.3 Å². The molecule has 7 heteroatoms. The van der Waals surface area contributed by atoms with E-state index in [1.165, 1.54) is 34.2 Å². The average molecular weight is 267 g/mol. The zero-order valence-corrected chi connectivity index (χ0v) is 11.3. The number of carbonyl (C=O) groups excluding carboxylic acids is 1. The lowest BCUT2D eigenvalue weighted by Gasteiger charge is -2.31. The molecule has 7 nitrogen and oxygen atoms in total. The number of carboxylic acid groups (broad SMARTS) is 1. The third-order valence-electron chi connectivity index (χ3n) is 2.86. The maximum absolute atomic E-state index is 11.9. The number of amides is 2. The second kappa shape index (κ2) is 5.55. The van der Waals surface area contributed by atoms with E-state index < -0.39 is 17.5 Å². The molecule has 2 N–H and O–H groups in total. The molecule has 0 aliphatic rings. The monoisotopic (exact) mass is 267 g/mol. The molecule has 0 spiro atoms. The minimum Gasteiger partial charge on any atom is -0.481 e. The molecule has 104 valence electrons. The highest BCUT2D eigenvalue weighted by Gasteiger charge is 2.35. The van der Waals surface area contributed by atoms with Crippen LogP contribution < -0.4 is 10.1 Å². The summed E-state index contributed by atoms with van der Waals surface area (Å²) in [5.41, 5.74) is -0.844. The first-order valence-corrected chi connectivity index (χ1v) is 5.57. The molecule has 1 aromatic heterocycles. The zero-order chi connectivity index (χ0) is 14.6. The Morgan fingerprint density at radius 2 is 2.05 bits per heavy atom. The van der Waals surface area contributed by atoms with E-state index in [4.69, 9.17) is 9.84 Å². The van der Waals surface area contributed by atoms with Gasteiger partial charge in [0.2, 0.25) is 5.88 Å². The molecule has 0 aliphatic carbocycles. The standard InChI is InChI=1S/C12H17N3O4/c1-12(2,10(16)17)15(3)11(18)14-8-5-6-9(19-4)13-7-8/h5-7H,1-4H3,(H,14,18)(H,16,17). The predicted octanol–water partition coefficient (Wildman–Crippen LogP) is 1.42. The smallest absolute Gasteiger partial charge is 0.329 e. The van der Waals surface area contributed by atoms with E-state index in [2.05, 4.69) is 10.3 Å². The number of carboxylic acids is 1. The molecule has 0 bridgehead atoms. The van der Waals surface area contributed by atoms with Gasteiger partial charge in [0.1, 0.15) is 5.54 Å². The molecule has 19 heavy (non-hydrogen) atoms. The Kier molecular flexibility index (Phi) is 4.31. The summed E-state index contributed by atoms with van der Waals surface area (Å²) in [4.78, 5) is 28.0. The number of likely N-dealkylation sites (N-methyl/N-ethyl adjacent to an activating group) is 1. The molecular formula is C12H17N3O4. The van der Waals surface area contributed by atoms with Crippen LogP contribution in [0.2, 0.25) is 0 Å². The Bertz CT molecular complexity index is 470. The van der Waals surface area contributed by atoms with Gasteiger partial charge in [0.05, 0.1) is 19.0 Å². The number of anilines is 1. The van der Waals surface area contributed by atoms with Crippen LogP contribution in [0.4, 0.5) is 10.5 Å². The summed E-state index contributed by atoms with van der Waals surface area (Å²) >= 11 is 0. The number of hydrogen-bond donors (Lipinski definition) is 2. The van der Waals surface area contributed by atoms with E-state index in [0.29, 0.717) is 11.6 Å². The van der Waals surface area contributed by atoms with Gasteiger partial charge in [-0.3, -0.25) is 0 Å². The highest BCUT2D eigenvalue weighted by Crippen LogP contribution is 2.16. The molecule has 1 rings (SSSR count). The van der Waals surface area contributed by atoms with Crippen LogP contribution in [0.5, 0.6) is 5.88 Å². The van der Waals surface area contributed by atoms with Gasteiger partial charge in [0.15, 0.2) is 0 Å². The first-order chi connectivity index (χ1) is 8.78. The van der Waals surface area contributed by atoms with E-state index in [1.807, 2.05) is 0 Å². The van der Waals surface area contributed by atoms with Crippen LogP contribution in [-0.4, -0.2) is 46.7 Å². The van der Waals surface area contributed by atoms with Crippen molar-refractivity contribution in [1.82, 2.24) is 9.88 Å². The third kappa shape index (κ3) is 3.34. The van der Waals surface area contributed by atoms with Crippen LogP contribution in [0.25, 0.3) is 0 Å². The van der Waals surface area contributed by atoms with Crippen molar-refractivity contribution in [2.24, 2.45) is 0 Å². The van der Waals surface area contributed by atoms with Gasteiger partial charge < -0.3 is 20.1 Å².